The van der Waals surface area contributed by atoms with Crippen LogP contribution in [0, 0.1) is 0 Å². The Hall–Kier alpha value is -1.35. The van der Waals surface area contributed by atoms with Gasteiger partial charge in [0.1, 0.15) is 6.10 Å². The van der Waals surface area contributed by atoms with Crippen molar-refractivity contribution in [3.05, 3.63) is 35.9 Å². The monoisotopic (exact) mass is 245 g/mol. The number of carbonyl (C=O) groups excluding carboxylic acids is 1. The van der Waals surface area contributed by atoms with Gasteiger partial charge >= 0.3 is 5.97 Å². The molecular formula is C15H19NO2. The molecule has 18 heavy (non-hydrogen) atoms. The number of carbonyl (C=O) groups is 1. The van der Waals surface area contributed by atoms with E-state index >= 15 is 0 Å². The van der Waals surface area contributed by atoms with Gasteiger partial charge in [-0.25, -0.2) is 4.79 Å². The fourth-order valence-electron chi connectivity index (χ4n) is 3.30. The summed E-state index contributed by atoms with van der Waals surface area (Å²) < 4.78 is 5.70. The fraction of sp³-hybridized carbons (Fsp3) is 0.533. The molecule has 1 aromatic carbocycles. The van der Waals surface area contributed by atoms with Crippen molar-refractivity contribution in [2.45, 2.75) is 43.9 Å². The van der Waals surface area contributed by atoms with Crippen LogP contribution in [-0.4, -0.2) is 36.1 Å². The third-order valence-electron chi connectivity index (χ3n) is 4.34. The summed E-state index contributed by atoms with van der Waals surface area (Å²) in [6.07, 6.45) is 4.74. The summed E-state index contributed by atoms with van der Waals surface area (Å²) in [6, 6.07) is 10.3. The molecule has 2 aliphatic heterocycles. The Kier molecular flexibility index (Phi) is 3.08. The fourth-order valence-corrected chi connectivity index (χ4v) is 3.30. The molecular weight excluding hydrogens is 226 g/mol. The molecule has 0 spiro atoms. The summed E-state index contributed by atoms with van der Waals surface area (Å²) in [5, 5.41) is 0. The van der Waals surface area contributed by atoms with Gasteiger partial charge in [0.25, 0.3) is 0 Å². The molecule has 0 radical (unpaired) electrons. The van der Waals surface area contributed by atoms with E-state index in [-0.39, 0.29) is 12.1 Å². The predicted octanol–water partition coefficient (Wildman–Crippen LogP) is 2.47. The number of hydrogen-bond donors (Lipinski definition) is 0. The van der Waals surface area contributed by atoms with E-state index in [1.807, 2.05) is 30.3 Å². The maximum absolute atomic E-state index is 12.1. The molecule has 0 N–H and O–H groups in total. The Bertz CT molecular complexity index is 431. The average Bonchev–Trinajstić information content (AvgIpc) is 2.59. The van der Waals surface area contributed by atoms with Gasteiger partial charge in [-0.1, -0.05) is 24.6 Å². The van der Waals surface area contributed by atoms with Gasteiger partial charge in [0.2, 0.25) is 0 Å². The first-order chi connectivity index (χ1) is 8.75. The highest BCUT2D eigenvalue weighted by molar-refractivity contribution is 5.89. The van der Waals surface area contributed by atoms with Crippen molar-refractivity contribution < 1.29 is 9.53 Å². The topological polar surface area (TPSA) is 29.5 Å². The lowest BCUT2D eigenvalue weighted by Gasteiger charge is -2.31. The first-order valence-electron chi connectivity index (χ1n) is 6.73. The van der Waals surface area contributed by atoms with E-state index < -0.39 is 0 Å². The normalized spacial score (nSPS) is 31.3. The minimum atomic E-state index is -0.179. The molecule has 0 saturated carbocycles. The highest BCUT2D eigenvalue weighted by atomic mass is 16.5. The molecule has 96 valence electrons. The van der Waals surface area contributed by atoms with Crippen LogP contribution in [0.3, 0.4) is 0 Å². The van der Waals surface area contributed by atoms with Gasteiger partial charge in [-0.2, -0.15) is 0 Å². The molecule has 0 unspecified atom stereocenters. The predicted molar refractivity (Wildman–Crippen MR) is 69.5 cm³/mol. The Morgan fingerprint density at radius 3 is 2.78 bits per heavy atom. The Labute approximate surface area is 108 Å². The molecule has 1 aromatic rings. The second kappa shape index (κ2) is 4.73. The zero-order chi connectivity index (χ0) is 12.5. The van der Waals surface area contributed by atoms with Crippen LogP contribution in [0.25, 0.3) is 0 Å². The van der Waals surface area contributed by atoms with Gasteiger partial charge in [-0.15, -0.1) is 0 Å². The van der Waals surface area contributed by atoms with Crippen molar-refractivity contribution in [1.82, 2.24) is 4.90 Å². The molecule has 3 heteroatoms. The van der Waals surface area contributed by atoms with Crippen LogP contribution in [0.4, 0.5) is 0 Å². The van der Waals surface area contributed by atoms with E-state index in [0.717, 1.165) is 12.8 Å². The van der Waals surface area contributed by atoms with Gasteiger partial charge in [0.15, 0.2) is 0 Å². The molecule has 2 aliphatic rings. The van der Waals surface area contributed by atoms with Gasteiger partial charge < -0.3 is 4.74 Å². The number of fused-ring (bicyclic) bond motifs is 2. The molecule has 0 aromatic heterocycles. The van der Waals surface area contributed by atoms with E-state index in [2.05, 4.69) is 11.9 Å². The van der Waals surface area contributed by atoms with Crippen LogP contribution in [0.15, 0.2) is 30.3 Å². The minimum Gasteiger partial charge on any atom is -0.457 e. The minimum absolute atomic E-state index is 0.0789. The van der Waals surface area contributed by atoms with Crippen LogP contribution in [0.1, 0.15) is 36.0 Å². The Morgan fingerprint density at radius 2 is 2.06 bits per heavy atom. The number of benzene rings is 1. The van der Waals surface area contributed by atoms with E-state index in [1.54, 1.807) is 0 Å². The first kappa shape index (κ1) is 11.7. The Balaban J connectivity index is 1.69. The van der Waals surface area contributed by atoms with E-state index in [1.165, 1.54) is 12.8 Å². The van der Waals surface area contributed by atoms with Crippen molar-refractivity contribution >= 4 is 5.97 Å². The zero-order valence-corrected chi connectivity index (χ0v) is 10.7. The third kappa shape index (κ3) is 2.03. The van der Waals surface area contributed by atoms with E-state index in [0.29, 0.717) is 17.6 Å². The molecule has 0 amide bonds. The standard InChI is InChI=1S/C15H19NO2/c1-16-12-8-5-9-13(16)14(10-12)18-15(17)11-6-3-2-4-7-11/h2-4,6-7,12-14H,5,8-10H2,1H3/t12-,13+,14-/m0/s1. The molecule has 2 bridgehead atoms. The maximum Gasteiger partial charge on any atom is 0.338 e. The lowest BCUT2D eigenvalue weighted by molar-refractivity contribution is 0.0197. The Morgan fingerprint density at radius 1 is 1.28 bits per heavy atom. The summed E-state index contributed by atoms with van der Waals surface area (Å²) in [6.45, 7) is 0. The quantitative estimate of drug-likeness (QED) is 0.750. The third-order valence-corrected chi connectivity index (χ3v) is 4.34. The van der Waals surface area contributed by atoms with E-state index in [4.69, 9.17) is 4.74 Å². The lowest BCUT2D eigenvalue weighted by Crippen LogP contribution is -2.39. The van der Waals surface area contributed by atoms with Crippen molar-refractivity contribution in [2.24, 2.45) is 0 Å². The summed E-state index contributed by atoms with van der Waals surface area (Å²) in [5.74, 6) is -0.179. The smallest absolute Gasteiger partial charge is 0.338 e. The maximum atomic E-state index is 12.1. The van der Waals surface area contributed by atoms with Crippen molar-refractivity contribution in [2.75, 3.05) is 7.05 Å². The lowest BCUT2D eigenvalue weighted by atomic mass is 10.0. The molecule has 0 aliphatic carbocycles. The van der Waals surface area contributed by atoms with Crippen LogP contribution in [0.2, 0.25) is 0 Å². The van der Waals surface area contributed by atoms with Crippen molar-refractivity contribution in [3.63, 3.8) is 0 Å². The number of hydrogen-bond acceptors (Lipinski definition) is 3. The number of esters is 1. The SMILES string of the molecule is CN1[C@H]2CCC[C@@H]1[C@@H](OC(=O)c1ccccc1)C2. The first-order valence-corrected chi connectivity index (χ1v) is 6.73. The largest absolute Gasteiger partial charge is 0.457 e. The molecule has 2 fully saturated rings. The van der Waals surface area contributed by atoms with Crippen molar-refractivity contribution in [3.8, 4) is 0 Å². The number of rotatable bonds is 2. The molecule has 3 atom stereocenters. The second-order valence-corrected chi connectivity index (χ2v) is 5.36. The number of likely N-dealkylation sites (N-methyl/N-ethyl adjacent to an activating group) is 1. The number of nitrogens with zero attached hydrogens (tertiary/aromatic N) is 1. The molecule has 2 saturated heterocycles. The number of piperidine rings is 1. The highest BCUT2D eigenvalue weighted by Gasteiger charge is 2.43. The summed E-state index contributed by atoms with van der Waals surface area (Å²) in [4.78, 5) is 14.5. The molecule has 3 rings (SSSR count). The summed E-state index contributed by atoms with van der Waals surface area (Å²) in [7, 11) is 2.16. The van der Waals surface area contributed by atoms with E-state index in [9.17, 15) is 4.79 Å². The second-order valence-electron chi connectivity index (χ2n) is 5.36. The van der Waals surface area contributed by atoms with Gasteiger partial charge in [0.05, 0.1) is 5.56 Å². The summed E-state index contributed by atoms with van der Waals surface area (Å²) in [5.41, 5.74) is 0.654. The number of ether oxygens (including phenoxy) is 1. The molecule has 2 heterocycles. The van der Waals surface area contributed by atoms with Crippen LogP contribution < -0.4 is 0 Å². The molecule has 3 nitrogen and oxygen atoms in total. The van der Waals surface area contributed by atoms with Gasteiger partial charge in [-0.3, -0.25) is 4.90 Å². The van der Waals surface area contributed by atoms with Crippen LogP contribution in [-0.2, 0) is 4.74 Å². The van der Waals surface area contributed by atoms with Crippen LogP contribution >= 0.6 is 0 Å². The zero-order valence-electron chi connectivity index (χ0n) is 10.7. The van der Waals surface area contributed by atoms with Crippen LogP contribution in [0.5, 0.6) is 0 Å². The highest BCUT2D eigenvalue weighted by Crippen LogP contribution is 2.36. The van der Waals surface area contributed by atoms with Crippen molar-refractivity contribution in [1.29, 1.82) is 0 Å². The summed E-state index contributed by atoms with van der Waals surface area (Å²) >= 11 is 0. The van der Waals surface area contributed by atoms with Gasteiger partial charge in [-0.05, 0) is 32.0 Å². The van der Waals surface area contributed by atoms with Gasteiger partial charge in [0, 0.05) is 18.5 Å². The average molecular weight is 245 g/mol.